The molecule has 2 aliphatic heterocycles. The molecule has 0 amide bonds. The molecule has 0 aromatic rings. The first-order chi connectivity index (χ1) is 7.28. The van der Waals surface area contributed by atoms with E-state index in [0.29, 0.717) is 0 Å². The van der Waals surface area contributed by atoms with Crippen LogP contribution >= 0.6 is 0 Å². The Hall–Kier alpha value is -0.0800. The van der Waals surface area contributed by atoms with Crippen molar-refractivity contribution in [1.29, 1.82) is 0 Å². The molecule has 2 heterocycles. The minimum Gasteiger partial charge on any atom is -0.303 e. The molecule has 0 aromatic heterocycles. The molecule has 2 heteroatoms. The lowest BCUT2D eigenvalue weighted by Crippen LogP contribution is -2.35. The van der Waals surface area contributed by atoms with Crippen LogP contribution in [-0.2, 0) is 0 Å². The third-order valence-corrected chi connectivity index (χ3v) is 4.50. The van der Waals surface area contributed by atoms with E-state index < -0.39 is 0 Å². The van der Waals surface area contributed by atoms with E-state index in [9.17, 15) is 0 Å². The highest BCUT2D eigenvalue weighted by Crippen LogP contribution is 2.32. The van der Waals surface area contributed by atoms with Crippen molar-refractivity contribution in [2.24, 2.45) is 11.8 Å². The zero-order chi connectivity index (χ0) is 10.8. The first-order valence-electron chi connectivity index (χ1n) is 6.74. The average Bonchev–Trinajstić information content (AvgIpc) is 2.77. The van der Waals surface area contributed by atoms with Gasteiger partial charge in [0.05, 0.1) is 0 Å². The van der Waals surface area contributed by atoms with Crippen LogP contribution in [0.5, 0.6) is 0 Å². The van der Waals surface area contributed by atoms with E-state index in [-0.39, 0.29) is 0 Å². The SMILES string of the molecule is CCC(CC)N1CC2CN(CC)CC2C1. The Morgan fingerprint density at radius 2 is 1.47 bits per heavy atom. The molecule has 2 nitrogen and oxygen atoms in total. The molecule has 0 saturated carbocycles. The highest BCUT2D eigenvalue weighted by molar-refractivity contribution is 4.94. The van der Waals surface area contributed by atoms with Crippen LogP contribution in [-0.4, -0.2) is 48.6 Å². The molecule has 0 bridgehead atoms. The van der Waals surface area contributed by atoms with Gasteiger partial charge in [0.2, 0.25) is 0 Å². The molecule has 0 N–H and O–H groups in total. The summed E-state index contributed by atoms with van der Waals surface area (Å²) in [4.78, 5) is 5.38. The highest BCUT2D eigenvalue weighted by atomic mass is 15.2. The van der Waals surface area contributed by atoms with Gasteiger partial charge in [-0.25, -0.2) is 0 Å². The molecule has 15 heavy (non-hydrogen) atoms. The average molecular weight is 210 g/mol. The summed E-state index contributed by atoms with van der Waals surface area (Å²) in [5, 5.41) is 0. The van der Waals surface area contributed by atoms with E-state index in [1.165, 1.54) is 45.6 Å². The summed E-state index contributed by atoms with van der Waals surface area (Å²) in [6.07, 6.45) is 2.65. The summed E-state index contributed by atoms with van der Waals surface area (Å²) in [5.41, 5.74) is 0. The minimum absolute atomic E-state index is 0.852. The quantitative estimate of drug-likeness (QED) is 0.701. The normalized spacial score (nSPS) is 32.8. The van der Waals surface area contributed by atoms with Crippen molar-refractivity contribution in [2.75, 3.05) is 32.7 Å². The Bertz CT molecular complexity index is 187. The topological polar surface area (TPSA) is 6.48 Å². The number of hydrogen-bond donors (Lipinski definition) is 0. The van der Waals surface area contributed by atoms with Crippen LogP contribution in [0.2, 0.25) is 0 Å². The zero-order valence-corrected chi connectivity index (χ0v) is 10.6. The van der Waals surface area contributed by atoms with Crippen LogP contribution in [0.1, 0.15) is 33.6 Å². The molecule has 0 aromatic carbocycles. The predicted octanol–water partition coefficient (Wildman–Crippen LogP) is 2.06. The van der Waals surface area contributed by atoms with Crippen molar-refractivity contribution in [3.8, 4) is 0 Å². The molecule has 2 saturated heterocycles. The fourth-order valence-corrected chi connectivity index (χ4v) is 3.49. The summed E-state index contributed by atoms with van der Waals surface area (Å²) < 4.78 is 0. The first-order valence-corrected chi connectivity index (χ1v) is 6.74. The van der Waals surface area contributed by atoms with E-state index in [1.807, 2.05) is 0 Å². The fraction of sp³-hybridized carbons (Fsp3) is 1.00. The Kier molecular flexibility index (Phi) is 3.68. The van der Waals surface area contributed by atoms with Gasteiger partial charge in [0.15, 0.2) is 0 Å². The molecule has 2 rings (SSSR count). The van der Waals surface area contributed by atoms with Gasteiger partial charge >= 0.3 is 0 Å². The van der Waals surface area contributed by atoms with Crippen LogP contribution in [0.15, 0.2) is 0 Å². The highest BCUT2D eigenvalue weighted by Gasteiger charge is 2.40. The Morgan fingerprint density at radius 3 is 1.87 bits per heavy atom. The van der Waals surface area contributed by atoms with Crippen LogP contribution in [0, 0.1) is 11.8 Å². The molecule has 0 spiro atoms. The Balaban J connectivity index is 1.87. The van der Waals surface area contributed by atoms with E-state index in [2.05, 4.69) is 30.6 Å². The van der Waals surface area contributed by atoms with Gasteiger partial charge in [0.1, 0.15) is 0 Å². The molecule has 88 valence electrons. The van der Waals surface area contributed by atoms with Crippen molar-refractivity contribution in [3.63, 3.8) is 0 Å². The maximum Gasteiger partial charge on any atom is 0.00902 e. The lowest BCUT2D eigenvalue weighted by Gasteiger charge is -2.27. The molecule has 2 fully saturated rings. The molecule has 2 unspecified atom stereocenters. The van der Waals surface area contributed by atoms with Crippen LogP contribution in [0.25, 0.3) is 0 Å². The van der Waals surface area contributed by atoms with Crippen molar-refractivity contribution in [2.45, 2.75) is 39.7 Å². The monoisotopic (exact) mass is 210 g/mol. The van der Waals surface area contributed by atoms with Crippen molar-refractivity contribution < 1.29 is 0 Å². The largest absolute Gasteiger partial charge is 0.303 e. The third kappa shape index (κ3) is 2.21. The summed E-state index contributed by atoms with van der Waals surface area (Å²) in [5.74, 6) is 1.95. The molecule has 2 atom stereocenters. The van der Waals surface area contributed by atoms with Gasteiger partial charge in [-0.1, -0.05) is 20.8 Å². The summed E-state index contributed by atoms with van der Waals surface area (Å²) in [6, 6.07) is 0.852. The summed E-state index contributed by atoms with van der Waals surface area (Å²) in [7, 11) is 0. The predicted molar refractivity (Wildman–Crippen MR) is 65.0 cm³/mol. The van der Waals surface area contributed by atoms with Gasteiger partial charge in [-0.3, -0.25) is 4.90 Å². The van der Waals surface area contributed by atoms with Gasteiger partial charge in [-0.15, -0.1) is 0 Å². The molecular weight excluding hydrogens is 184 g/mol. The van der Waals surface area contributed by atoms with Crippen molar-refractivity contribution >= 4 is 0 Å². The van der Waals surface area contributed by atoms with Gasteiger partial charge < -0.3 is 4.90 Å². The van der Waals surface area contributed by atoms with Crippen molar-refractivity contribution in [3.05, 3.63) is 0 Å². The number of nitrogens with zero attached hydrogens (tertiary/aromatic N) is 2. The smallest absolute Gasteiger partial charge is 0.00902 e. The maximum absolute atomic E-state index is 2.75. The van der Waals surface area contributed by atoms with Gasteiger partial charge in [-0.2, -0.15) is 0 Å². The second-order valence-electron chi connectivity index (χ2n) is 5.30. The summed E-state index contributed by atoms with van der Waals surface area (Å²) in [6.45, 7) is 13.7. The van der Waals surface area contributed by atoms with Gasteiger partial charge in [0.25, 0.3) is 0 Å². The Morgan fingerprint density at radius 1 is 0.933 bits per heavy atom. The molecule has 0 radical (unpaired) electrons. The minimum atomic E-state index is 0.852. The lowest BCUT2D eigenvalue weighted by atomic mass is 10.0. The molecular formula is C13H26N2. The second kappa shape index (κ2) is 4.84. The molecule has 0 aliphatic carbocycles. The van der Waals surface area contributed by atoms with Crippen LogP contribution in [0.3, 0.4) is 0 Å². The molecule has 2 aliphatic rings. The fourth-order valence-electron chi connectivity index (χ4n) is 3.49. The summed E-state index contributed by atoms with van der Waals surface area (Å²) >= 11 is 0. The van der Waals surface area contributed by atoms with Crippen LogP contribution < -0.4 is 0 Å². The zero-order valence-electron chi connectivity index (χ0n) is 10.6. The lowest BCUT2D eigenvalue weighted by molar-refractivity contribution is 0.196. The van der Waals surface area contributed by atoms with E-state index in [1.54, 1.807) is 0 Å². The van der Waals surface area contributed by atoms with Gasteiger partial charge in [0, 0.05) is 32.2 Å². The number of likely N-dealkylation sites (tertiary alicyclic amines) is 2. The standard InChI is InChI=1S/C13H26N2/c1-4-13(5-2)15-9-11-7-14(6-3)8-12(11)10-15/h11-13H,4-10H2,1-3H3. The van der Waals surface area contributed by atoms with E-state index in [4.69, 9.17) is 0 Å². The van der Waals surface area contributed by atoms with E-state index >= 15 is 0 Å². The number of hydrogen-bond acceptors (Lipinski definition) is 2. The number of fused-ring (bicyclic) bond motifs is 1. The Labute approximate surface area is 94.6 Å². The number of rotatable bonds is 4. The third-order valence-electron chi connectivity index (χ3n) is 4.50. The van der Waals surface area contributed by atoms with E-state index in [0.717, 1.165) is 17.9 Å². The van der Waals surface area contributed by atoms with Crippen molar-refractivity contribution in [1.82, 2.24) is 9.80 Å². The van der Waals surface area contributed by atoms with Gasteiger partial charge in [-0.05, 0) is 31.2 Å². The van der Waals surface area contributed by atoms with Crippen LogP contribution in [0.4, 0.5) is 0 Å². The maximum atomic E-state index is 2.75. The second-order valence-corrected chi connectivity index (χ2v) is 5.30. The first kappa shape index (κ1) is 11.4.